The third kappa shape index (κ3) is 1.18. The van der Waals surface area contributed by atoms with Crippen LogP contribution in [0.4, 0.5) is 4.39 Å². The van der Waals surface area contributed by atoms with Gasteiger partial charge in [0.2, 0.25) is 5.91 Å². The van der Waals surface area contributed by atoms with E-state index in [-0.39, 0.29) is 11.9 Å². The maximum Gasteiger partial charge on any atom is 0.217 e. The van der Waals surface area contributed by atoms with Gasteiger partial charge in [-0.05, 0) is 0 Å². The summed E-state index contributed by atoms with van der Waals surface area (Å²) in [6.07, 6.45) is -0.279. The molecule has 0 aromatic rings. The predicted octanol–water partition coefficient (Wildman–Crippen LogP) is 0.233. The molecule has 1 amide bonds. The molecule has 0 heterocycles. The number of hydrogen-bond acceptors (Lipinski definition) is 1. The Morgan fingerprint density at radius 3 is 2.50 bits per heavy atom. The number of rotatable bonds is 1. The van der Waals surface area contributed by atoms with E-state index in [1.54, 1.807) is 0 Å². The van der Waals surface area contributed by atoms with Crippen LogP contribution in [0.5, 0.6) is 0 Å². The lowest BCUT2D eigenvalue weighted by molar-refractivity contribution is -0.119. The van der Waals surface area contributed by atoms with Crippen molar-refractivity contribution in [2.45, 2.75) is 25.6 Å². The Balaban J connectivity index is 2.14. The van der Waals surface area contributed by atoms with E-state index in [0.29, 0.717) is 6.42 Å². The molecule has 1 saturated carbocycles. The number of carbonyl (C=O) groups is 1. The Kier molecular flexibility index (Phi) is 1.19. The van der Waals surface area contributed by atoms with Gasteiger partial charge in [-0.15, -0.1) is 0 Å². The summed E-state index contributed by atoms with van der Waals surface area (Å²) in [5.74, 6) is -0.143. The second-order valence-corrected chi connectivity index (χ2v) is 2.06. The van der Waals surface area contributed by atoms with E-state index in [1.165, 1.54) is 6.92 Å². The number of halogens is 1. The highest BCUT2D eigenvalue weighted by Crippen LogP contribution is 2.24. The van der Waals surface area contributed by atoms with Crippen LogP contribution in [0.3, 0.4) is 0 Å². The fourth-order valence-corrected chi connectivity index (χ4v) is 0.574. The highest BCUT2D eigenvalue weighted by atomic mass is 19.1. The number of hydrogen-bond donors (Lipinski definition) is 1. The summed E-state index contributed by atoms with van der Waals surface area (Å²) in [6.45, 7) is 1.39. The molecule has 1 rings (SSSR count). The summed E-state index contributed by atoms with van der Waals surface area (Å²) in [5.41, 5.74) is 0. The van der Waals surface area contributed by atoms with Gasteiger partial charge in [0, 0.05) is 13.3 Å². The van der Waals surface area contributed by atoms with E-state index in [9.17, 15) is 9.18 Å². The van der Waals surface area contributed by atoms with Gasteiger partial charge < -0.3 is 5.32 Å². The van der Waals surface area contributed by atoms with Crippen molar-refractivity contribution < 1.29 is 9.18 Å². The smallest absolute Gasteiger partial charge is 0.217 e. The number of amides is 1. The van der Waals surface area contributed by atoms with E-state index < -0.39 is 6.17 Å². The van der Waals surface area contributed by atoms with Crippen molar-refractivity contribution in [2.24, 2.45) is 0 Å². The molecule has 0 saturated heterocycles. The Bertz CT molecular complexity index is 115. The van der Waals surface area contributed by atoms with E-state index in [0.717, 1.165) is 0 Å². The van der Waals surface area contributed by atoms with Crippen LogP contribution in [-0.2, 0) is 4.79 Å². The lowest BCUT2D eigenvalue weighted by Gasteiger charge is -1.92. The minimum atomic E-state index is -0.779. The summed E-state index contributed by atoms with van der Waals surface area (Å²) in [6, 6.07) is -0.174. The molecule has 3 heteroatoms. The quantitative estimate of drug-likeness (QED) is 0.523. The molecule has 0 aromatic heterocycles. The van der Waals surface area contributed by atoms with Gasteiger partial charge in [0.1, 0.15) is 6.17 Å². The monoisotopic (exact) mass is 117 g/mol. The maximum absolute atomic E-state index is 11.9. The van der Waals surface area contributed by atoms with Crippen LogP contribution in [0.1, 0.15) is 13.3 Å². The van der Waals surface area contributed by atoms with Gasteiger partial charge in [-0.3, -0.25) is 4.79 Å². The van der Waals surface area contributed by atoms with Gasteiger partial charge in [0.15, 0.2) is 0 Å². The van der Waals surface area contributed by atoms with Gasteiger partial charge >= 0.3 is 0 Å². The largest absolute Gasteiger partial charge is 0.351 e. The molecule has 1 N–H and O–H groups in total. The summed E-state index contributed by atoms with van der Waals surface area (Å²) in [5, 5.41) is 2.45. The Morgan fingerprint density at radius 2 is 2.38 bits per heavy atom. The topological polar surface area (TPSA) is 29.1 Å². The highest BCUT2D eigenvalue weighted by molar-refractivity contribution is 5.73. The lowest BCUT2D eigenvalue weighted by Crippen LogP contribution is -2.23. The predicted molar refractivity (Wildman–Crippen MR) is 27.1 cm³/mol. The van der Waals surface area contributed by atoms with Gasteiger partial charge in [0.25, 0.3) is 0 Å². The van der Waals surface area contributed by atoms with Crippen LogP contribution in [0, 0.1) is 0 Å². The Labute approximate surface area is 47.1 Å². The van der Waals surface area contributed by atoms with Gasteiger partial charge in [-0.25, -0.2) is 4.39 Å². The molecule has 0 aliphatic heterocycles. The van der Waals surface area contributed by atoms with Crippen molar-refractivity contribution in [3.05, 3.63) is 0 Å². The van der Waals surface area contributed by atoms with Crippen molar-refractivity contribution in [2.75, 3.05) is 0 Å². The van der Waals surface area contributed by atoms with E-state index in [4.69, 9.17) is 0 Å². The third-order valence-corrected chi connectivity index (χ3v) is 1.10. The first-order valence-electron chi connectivity index (χ1n) is 2.61. The maximum atomic E-state index is 11.9. The first-order chi connectivity index (χ1) is 3.70. The summed E-state index contributed by atoms with van der Waals surface area (Å²) in [7, 11) is 0. The molecule has 1 aliphatic rings. The lowest BCUT2D eigenvalue weighted by atomic mass is 10.6. The normalized spacial score (nSPS) is 34.2. The SMILES string of the molecule is CC(=O)N[C@@H]1C[C@@H]1F. The van der Waals surface area contributed by atoms with Crippen LogP contribution in [0.25, 0.3) is 0 Å². The van der Waals surface area contributed by atoms with Crippen LogP contribution in [0.15, 0.2) is 0 Å². The molecule has 1 aliphatic carbocycles. The highest BCUT2D eigenvalue weighted by Gasteiger charge is 2.37. The fourth-order valence-electron chi connectivity index (χ4n) is 0.574. The number of alkyl halides is 1. The zero-order valence-electron chi connectivity index (χ0n) is 4.65. The van der Waals surface area contributed by atoms with Crippen LogP contribution >= 0.6 is 0 Å². The number of nitrogens with one attached hydrogen (secondary N) is 1. The minimum absolute atomic E-state index is 0.143. The van der Waals surface area contributed by atoms with Crippen molar-refractivity contribution in [1.82, 2.24) is 5.32 Å². The second-order valence-electron chi connectivity index (χ2n) is 2.06. The molecule has 1 fully saturated rings. The second kappa shape index (κ2) is 1.73. The average Bonchev–Trinajstić information content (AvgIpc) is 2.17. The Morgan fingerprint density at radius 1 is 1.88 bits per heavy atom. The van der Waals surface area contributed by atoms with Crippen LogP contribution in [0.2, 0.25) is 0 Å². The zero-order chi connectivity index (χ0) is 6.15. The molecule has 0 radical (unpaired) electrons. The summed E-state index contributed by atoms with van der Waals surface area (Å²) < 4.78 is 11.9. The van der Waals surface area contributed by atoms with Crippen molar-refractivity contribution in [3.8, 4) is 0 Å². The number of carbonyl (C=O) groups excluding carboxylic acids is 1. The first kappa shape index (κ1) is 5.54. The summed E-state index contributed by atoms with van der Waals surface area (Å²) in [4.78, 5) is 10.2. The van der Waals surface area contributed by atoms with Gasteiger partial charge in [-0.1, -0.05) is 0 Å². The minimum Gasteiger partial charge on any atom is -0.351 e. The third-order valence-electron chi connectivity index (χ3n) is 1.10. The van der Waals surface area contributed by atoms with Crippen molar-refractivity contribution in [3.63, 3.8) is 0 Å². The molecule has 2 atom stereocenters. The first-order valence-corrected chi connectivity index (χ1v) is 2.61. The molecule has 0 spiro atoms. The molecule has 0 bridgehead atoms. The van der Waals surface area contributed by atoms with Crippen LogP contribution < -0.4 is 5.32 Å². The van der Waals surface area contributed by atoms with Crippen LogP contribution in [-0.4, -0.2) is 18.1 Å². The zero-order valence-corrected chi connectivity index (χ0v) is 4.65. The van der Waals surface area contributed by atoms with Crippen molar-refractivity contribution >= 4 is 5.91 Å². The Hall–Kier alpha value is -0.600. The van der Waals surface area contributed by atoms with E-state index in [2.05, 4.69) is 5.32 Å². The molecular formula is C5H8FNO. The fraction of sp³-hybridized carbons (Fsp3) is 0.800. The van der Waals surface area contributed by atoms with Crippen molar-refractivity contribution in [1.29, 1.82) is 0 Å². The summed E-state index contributed by atoms with van der Waals surface area (Å²) >= 11 is 0. The molecule has 46 valence electrons. The van der Waals surface area contributed by atoms with Gasteiger partial charge in [0.05, 0.1) is 6.04 Å². The average molecular weight is 117 g/mol. The molecule has 0 aromatic carbocycles. The molecule has 0 unspecified atom stereocenters. The van der Waals surface area contributed by atoms with E-state index >= 15 is 0 Å². The molecule has 8 heavy (non-hydrogen) atoms. The molecule has 2 nitrogen and oxygen atoms in total. The van der Waals surface area contributed by atoms with E-state index in [1.807, 2.05) is 0 Å². The van der Waals surface area contributed by atoms with Gasteiger partial charge in [-0.2, -0.15) is 0 Å². The standard InChI is InChI=1S/C5H8FNO/c1-3(8)7-5-2-4(5)6/h4-5H,2H2,1H3,(H,7,8)/t4-,5+/m0/s1. The molecular weight excluding hydrogens is 109 g/mol.